The van der Waals surface area contributed by atoms with Gasteiger partial charge in [-0.05, 0) is 20.3 Å². The van der Waals surface area contributed by atoms with Gasteiger partial charge in [0.1, 0.15) is 0 Å². The first-order valence-electron chi connectivity index (χ1n) is 3.47. The highest BCUT2D eigenvalue weighted by molar-refractivity contribution is 6.17. The van der Waals surface area contributed by atoms with Crippen LogP contribution in [0.1, 0.15) is 20.3 Å². The van der Waals surface area contributed by atoms with Crippen LogP contribution in [-0.2, 0) is 4.74 Å². The highest BCUT2D eigenvalue weighted by Crippen LogP contribution is 2.30. The van der Waals surface area contributed by atoms with Crippen molar-refractivity contribution in [3.8, 4) is 0 Å². The van der Waals surface area contributed by atoms with E-state index in [0.29, 0.717) is 18.1 Å². The minimum absolute atomic E-state index is 0.443. The molecule has 9 heavy (non-hydrogen) atoms. The average Bonchev–Trinajstić information content (AvgIpc) is 1.84. The monoisotopic (exact) mass is 148 g/mol. The minimum atomic E-state index is 0.443. The number of rotatable bonds is 2. The van der Waals surface area contributed by atoms with Crippen LogP contribution in [0.4, 0.5) is 0 Å². The van der Waals surface area contributed by atoms with E-state index in [4.69, 9.17) is 16.3 Å². The molecule has 1 nitrogen and oxygen atoms in total. The van der Waals surface area contributed by atoms with Crippen LogP contribution in [0.15, 0.2) is 0 Å². The van der Waals surface area contributed by atoms with Crippen LogP contribution in [-0.4, -0.2) is 18.1 Å². The lowest BCUT2D eigenvalue weighted by Gasteiger charge is -2.41. The maximum Gasteiger partial charge on any atom is 0.0604 e. The quantitative estimate of drug-likeness (QED) is 0.545. The van der Waals surface area contributed by atoms with Crippen molar-refractivity contribution in [2.24, 2.45) is 5.92 Å². The summed E-state index contributed by atoms with van der Waals surface area (Å²) < 4.78 is 5.35. The SMILES string of the molecule is CC1OC(C)C1CCCl. The Bertz CT molecular complexity index is 86.9. The third-order valence-electron chi connectivity index (χ3n) is 2.08. The van der Waals surface area contributed by atoms with E-state index in [2.05, 4.69) is 13.8 Å². The van der Waals surface area contributed by atoms with Gasteiger partial charge in [0.25, 0.3) is 0 Å². The molecule has 2 unspecified atom stereocenters. The third kappa shape index (κ3) is 1.39. The third-order valence-corrected chi connectivity index (χ3v) is 2.30. The molecule has 2 heteroatoms. The molecule has 54 valence electrons. The van der Waals surface area contributed by atoms with Gasteiger partial charge in [0.15, 0.2) is 0 Å². The molecule has 0 saturated carbocycles. The van der Waals surface area contributed by atoms with Gasteiger partial charge in [-0.25, -0.2) is 0 Å². The highest BCUT2D eigenvalue weighted by atomic mass is 35.5. The van der Waals surface area contributed by atoms with E-state index in [-0.39, 0.29) is 0 Å². The van der Waals surface area contributed by atoms with Crippen molar-refractivity contribution in [3.63, 3.8) is 0 Å². The van der Waals surface area contributed by atoms with E-state index in [1.165, 1.54) is 0 Å². The Morgan fingerprint density at radius 3 is 2.11 bits per heavy atom. The van der Waals surface area contributed by atoms with E-state index in [9.17, 15) is 0 Å². The maximum absolute atomic E-state index is 5.58. The molecule has 0 radical (unpaired) electrons. The number of alkyl halides is 1. The lowest BCUT2D eigenvalue weighted by atomic mass is 9.89. The van der Waals surface area contributed by atoms with Gasteiger partial charge in [-0.2, -0.15) is 0 Å². The molecule has 0 bridgehead atoms. The highest BCUT2D eigenvalue weighted by Gasteiger charge is 2.34. The summed E-state index contributed by atoms with van der Waals surface area (Å²) in [5.41, 5.74) is 0. The Morgan fingerprint density at radius 2 is 1.89 bits per heavy atom. The summed E-state index contributed by atoms with van der Waals surface area (Å²) in [6.07, 6.45) is 1.99. The minimum Gasteiger partial charge on any atom is -0.375 e. The van der Waals surface area contributed by atoms with Gasteiger partial charge in [-0.15, -0.1) is 11.6 Å². The van der Waals surface area contributed by atoms with Gasteiger partial charge in [-0.1, -0.05) is 0 Å². The zero-order valence-corrected chi connectivity index (χ0v) is 6.69. The fourth-order valence-corrected chi connectivity index (χ4v) is 1.68. The summed E-state index contributed by atoms with van der Waals surface area (Å²) in [5.74, 6) is 1.48. The van der Waals surface area contributed by atoms with Gasteiger partial charge >= 0.3 is 0 Å². The van der Waals surface area contributed by atoms with Gasteiger partial charge < -0.3 is 4.74 Å². The zero-order chi connectivity index (χ0) is 6.85. The molecule has 1 heterocycles. The Balaban J connectivity index is 2.22. The molecule has 1 rings (SSSR count). The topological polar surface area (TPSA) is 9.23 Å². The molecule has 1 aliphatic heterocycles. The lowest BCUT2D eigenvalue weighted by Crippen LogP contribution is -2.45. The predicted molar refractivity (Wildman–Crippen MR) is 38.8 cm³/mol. The van der Waals surface area contributed by atoms with Crippen LogP contribution in [0.5, 0.6) is 0 Å². The number of halogens is 1. The van der Waals surface area contributed by atoms with E-state index in [1.807, 2.05) is 0 Å². The summed E-state index contributed by atoms with van der Waals surface area (Å²) in [6, 6.07) is 0. The molecule has 0 aromatic rings. The molecule has 0 N–H and O–H groups in total. The largest absolute Gasteiger partial charge is 0.375 e. The normalized spacial score (nSPS) is 42.3. The Hall–Kier alpha value is 0.250. The molecule has 0 aliphatic carbocycles. The number of hydrogen-bond donors (Lipinski definition) is 0. The Kier molecular flexibility index (Phi) is 2.36. The van der Waals surface area contributed by atoms with E-state index >= 15 is 0 Å². The summed E-state index contributed by atoms with van der Waals surface area (Å²) in [7, 11) is 0. The fraction of sp³-hybridized carbons (Fsp3) is 1.00. The van der Waals surface area contributed by atoms with Gasteiger partial charge in [0.05, 0.1) is 12.2 Å². The van der Waals surface area contributed by atoms with Gasteiger partial charge in [-0.3, -0.25) is 0 Å². The second-order valence-electron chi connectivity index (χ2n) is 2.69. The van der Waals surface area contributed by atoms with Crippen molar-refractivity contribution in [1.82, 2.24) is 0 Å². The Morgan fingerprint density at radius 1 is 1.33 bits per heavy atom. The van der Waals surface area contributed by atoms with Crippen LogP contribution in [0.25, 0.3) is 0 Å². The molecular formula is C7H13ClO. The molecule has 1 fully saturated rings. The molecule has 1 saturated heterocycles. The van der Waals surface area contributed by atoms with Crippen molar-refractivity contribution >= 4 is 11.6 Å². The first-order chi connectivity index (χ1) is 4.25. The first kappa shape index (κ1) is 7.36. The van der Waals surface area contributed by atoms with E-state index in [0.717, 1.165) is 12.3 Å². The van der Waals surface area contributed by atoms with E-state index < -0.39 is 0 Å². The predicted octanol–water partition coefficient (Wildman–Crippen LogP) is 2.04. The van der Waals surface area contributed by atoms with Crippen molar-refractivity contribution in [2.75, 3.05) is 5.88 Å². The second-order valence-corrected chi connectivity index (χ2v) is 3.07. The van der Waals surface area contributed by atoms with Crippen LogP contribution >= 0.6 is 11.6 Å². The summed E-state index contributed by atoms with van der Waals surface area (Å²) in [5, 5.41) is 0. The molecule has 0 amide bonds. The van der Waals surface area contributed by atoms with Crippen molar-refractivity contribution < 1.29 is 4.74 Å². The Labute approximate surface area is 61.3 Å². The van der Waals surface area contributed by atoms with Crippen molar-refractivity contribution in [1.29, 1.82) is 0 Å². The van der Waals surface area contributed by atoms with Crippen LogP contribution in [0.3, 0.4) is 0 Å². The molecular weight excluding hydrogens is 136 g/mol. The van der Waals surface area contributed by atoms with Crippen LogP contribution < -0.4 is 0 Å². The summed E-state index contributed by atoms with van der Waals surface area (Å²) >= 11 is 5.58. The average molecular weight is 149 g/mol. The zero-order valence-electron chi connectivity index (χ0n) is 5.93. The smallest absolute Gasteiger partial charge is 0.0604 e. The first-order valence-corrected chi connectivity index (χ1v) is 4.00. The fourth-order valence-electron chi connectivity index (χ4n) is 1.43. The maximum atomic E-state index is 5.58. The van der Waals surface area contributed by atoms with Gasteiger partial charge in [0.2, 0.25) is 0 Å². The number of ether oxygens (including phenoxy) is 1. The summed E-state index contributed by atoms with van der Waals surface area (Å²) in [4.78, 5) is 0. The van der Waals surface area contributed by atoms with Crippen molar-refractivity contribution in [3.05, 3.63) is 0 Å². The van der Waals surface area contributed by atoms with Crippen LogP contribution in [0.2, 0.25) is 0 Å². The van der Waals surface area contributed by atoms with Crippen molar-refractivity contribution in [2.45, 2.75) is 32.5 Å². The molecule has 0 aromatic heterocycles. The standard InChI is InChI=1S/C7H13ClO/c1-5-7(3-4-8)6(2)9-5/h5-7H,3-4H2,1-2H3. The summed E-state index contributed by atoms with van der Waals surface area (Å²) in [6.45, 7) is 4.22. The lowest BCUT2D eigenvalue weighted by molar-refractivity contribution is -0.165. The van der Waals surface area contributed by atoms with Crippen LogP contribution in [0, 0.1) is 5.92 Å². The molecule has 0 aromatic carbocycles. The number of hydrogen-bond acceptors (Lipinski definition) is 1. The second kappa shape index (κ2) is 2.89. The van der Waals surface area contributed by atoms with E-state index in [1.54, 1.807) is 0 Å². The van der Waals surface area contributed by atoms with Gasteiger partial charge in [0, 0.05) is 11.8 Å². The molecule has 2 atom stereocenters. The molecule has 1 aliphatic rings. The molecule has 0 spiro atoms.